The highest BCUT2D eigenvalue weighted by Crippen LogP contribution is 2.32. The molecule has 0 spiro atoms. The van der Waals surface area contributed by atoms with Gasteiger partial charge in [0.1, 0.15) is 17.3 Å². The summed E-state index contributed by atoms with van der Waals surface area (Å²) in [5.74, 6) is -0.0713. The van der Waals surface area contributed by atoms with Gasteiger partial charge < -0.3 is 51.4 Å². The third-order valence-corrected chi connectivity index (χ3v) is 11.5. The van der Waals surface area contributed by atoms with Gasteiger partial charge in [-0.25, -0.2) is 9.97 Å². The first kappa shape index (κ1) is 48.6. The number of ether oxygens (including phenoxy) is 3. The Labute approximate surface area is 383 Å². The Balaban J connectivity index is 0.862. The molecule has 0 unspecified atom stereocenters. The number of nitrogens with zero attached hydrogens (tertiary/aromatic N) is 7. The molecule has 2 fully saturated rings. The normalized spacial score (nSPS) is 14.9. The number of methoxy groups -OCH3 is 1. The predicted octanol–water partition coefficient (Wildman–Crippen LogP) is 3.18. The summed E-state index contributed by atoms with van der Waals surface area (Å²) < 4.78 is 17.8. The number of hydrogen-bond acceptors (Lipinski definition) is 16. The van der Waals surface area contributed by atoms with Crippen LogP contribution < -0.4 is 37.9 Å². The van der Waals surface area contributed by atoms with Gasteiger partial charge >= 0.3 is 0 Å². The largest absolute Gasteiger partial charge is 0.483 e. The standard InChI is InChI=1S/C46H60N12O8/c1-30-35-28-50-46(54-43(35)58(32-9-5-6-10-32)45(63)42(30)31(2)59)53-39-16-13-33(27-49-39)57-20-18-56(19-21-57)29-41(61)55(3)22-24-66-26-25-65-23-17-40(60)51-36-12-8-7-11-34(36)44(62)52-37(47)14-15-38(48)64-4/h7-8,11-16,27-28,32H,5-6,9-10,17-26,29,47-48H2,1-4H3,(H,51,60)(H,52,62)(H,49,50,53,54)/b37-14+,38-15+. The summed E-state index contributed by atoms with van der Waals surface area (Å²) in [5.41, 5.74) is 13.9. The number of likely N-dealkylation sites (N-methyl/N-ethyl adjacent to an activating group) is 1. The van der Waals surface area contributed by atoms with Crippen LogP contribution in [0.1, 0.15) is 71.3 Å². The van der Waals surface area contributed by atoms with E-state index < -0.39 is 5.91 Å². The van der Waals surface area contributed by atoms with Gasteiger partial charge in [-0.05, 0) is 62.6 Å². The molecule has 0 radical (unpaired) electrons. The molecule has 352 valence electrons. The van der Waals surface area contributed by atoms with Gasteiger partial charge in [0.2, 0.25) is 17.8 Å². The van der Waals surface area contributed by atoms with Crippen molar-refractivity contribution in [3.05, 3.63) is 99.7 Å². The lowest BCUT2D eigenvalue weighted by molar-refractivity contribution is -0.132. The molecule has 3 amide bonds. The third-order valence-electron chi connectivity index (χ3n) is 11.5. The van der Waals surface area contributed by atoms with Crippen molar-refractivity contribution in [2.75, 3.05) is 95.4 Å². The molecule has 1 aliphatic carbocycles. The summed E-state index contributed by atoms with van der Waals surface area (Å²) in [7, 11) is 3.16. The lowest BCUT2D eigenvalue weighted by Crippen LogP contribution is -2.50. The summed E-state index contributed by atoms with van der Waals surface area (Å²) in [4.78, 5) is 84.3. The molecule has 1 aliphatic heterocycles. The van der Waals surface area contributed by atoms with E-state index >= 15 is 0 Å². The fourth-order valence-corrected chi connectivity index (χ4v) is 7.84. The van der Waals surface area contributed by atoms with Crippen molar-refractivity contribution >= 4 is 57.7 Å². The summed E-state index contributed by atoms with van der Waals surface area (Å²) in [6, 6.07) is 10.4. The summed E-state index contributed by atoms with van der Waals surface area (Å²) in [5, 5.41) is 9.14. The number of fused-ring (bicyclic) bond motifs is 1. The van der Waals surface area contributed by atoms with Crippen molar-refractivity contribution in [1.29, 1.82) is 0 Å². The monoisotopic (exact) mass is 908 g/mol. The Hall–Kier alpha value is -6.90. The number of carbonyl (C=O) groups is 4. The van der Waals surface area contributed by atoms with Crippen LogP contribution in [0.2, 0.25) is 0 Å². The minimum atomic E-state index is -0.511. The number of carbonyl (C=O) groups excluding carboxylic acids is 4. The maximum atomic E-state index is 13.6. The molecule has 1 saturated heterocycles. The van der Waals surface area contributed by atoms with Gasteiger partial charge in [-0.2, -0.15) is 4.98 Å². The quantitative estimate of drug-likeness (QED) is 0.0348. The molecule has 20 heteroatoms. The number of ketones is 1. The van der Waals surface area contributed by atoms with Gasteiger partial charge in [-0.1, -0.05) is 25.0 Å². The van der Waals surface area contributed by atoms with Crippen LogP contribution in [0.5, 0.6) is 0 Å². The van der Waals surface area contributed by atoms with Crippen molar-refractivity contribution in [2.45, 2.75) is 52.0 Å². The highest BCUT2D eigenvalue weighted by molar-refractivity contribution is 6.04. The van der Waals surface area contributed by atoms with Crippen molar-refractivity contribution in [1.82, 2.24) is 34.6 Å². The maximum absolute atomic E-state index is 13.6. The average Bonchev–Trinajstić information content (AvgIpc) is 3.84. The second kappa shape index (κ2) is 23.3. The van der Waals surface area contributed by atoms with E-state index in [-0.39, 0.29) is 71.7 Å². The number of benzene rings is 1. The zero-order valence-corrected chi connectivity index (χ0v) is 38.0. The lowest BCUT2D eigenvalue weighted by Gasteiger charge is -2.36. The number of hydrogen-bond donors (Lipinski definition) is 5. The highest BCUT2D eigenvalue weighted by atomic mass is 16.5. The minimum Gasteiger partial charge on any atom is -0.483 e. The minimum absolute atomic E-state index is 0.000380. The van der Waals surface area contributed by atoms with Gasteiger partial charge in [-0.15, -0.1) is 0 Å². The van der Waals surface area contributed by atoms with Gasteiger partial charge in [-0.3, -0.25) is 33.4 Å². The summed E-state index contributed by atoms with van der Waals surface area (Å²) in [6.07, 6.45) is 10.1. The number of nitrogens with one attached hydrogen (secondary N) is 3. The Bertz CT molecular complexity index is 2480. The fourth-order valence-electron chi connectivity index (χ4n) is 7.84. The van der Waals surface area contributed by atoms with E-state index in [1.54, 1.807) is 60.1 Å². The third kappa shape index (κ3) is 12.9. The number of piperazine rings is 1. The Morgan fingerprint density at radius 3 is 2.35 bits per heavy atom. The van der Waals surface area contributed by atoms with Crippen molar-refractivity contribution < 1.29 is 33.4 Å². The predicted molar refractivity (Wildman–Crippen MR) is 250 cm³/mol. The molecule has 1 aromatic carbocycles. The van der Waals surface area contributed by atoms with Crippen LogP contribution in [-0.4, -0.2) is 133 Å². The molecule has 2 aliphatic rings. The van der Waals surface area contributed by atoms with E-state index in [2.05, 4.69) is 35.7 Å². The number of amides is 3. The van der Waals surface area contributed by atoms with Crippen LogP contribution in [0.4, 0.5) is 23.1 Å². The molecule has 6 rings (SSSR count). The summed E-state index contributed by atoms with van der Waals surface area (Å²) in [6.45, 7) is 7.85. The molecule has 20 nitrogen and oxygen atoms in total. The van der Waals surface area contributed by atoms with E-state index in [1.165, 1.54) is 26.2 Å². The van der Waals surface area contributed by atoms with Crippen LogP contribution in [-0.2, 0) is 23.8 Å². The zero-order valence-electron chi connectivity index (χ0n) is 38.0. The van der Waals surface area contributed by atoms with E-state index in [0.717, 1.165) is 44.5 Å². The Morgan fingerprint density at radius 2 is 1.65 bits per heavy atom. The number of Topliss-reactive ketones (excluding diaryl/α,β-unsaturated/α-hetero) is 1. The first-order valence-corrected chi connectivity index (χ1v) is 22.0. The molecule has 1 saturated carbocycles. The summed E-state index contributed by atoms with van der Waals surface area (Å²) >= 11 is 0. The van der Waals surface area contributed by atoms with Gasteiger partial charge in [0, 0.05) is 63.5 Å². The zero-order chi connectivity index (χ0) is 47.2. The number of allylic oxidation sites excluding steroid dienone is 2. The molecule has 0 bridgehead atoms. The number of aryl methyl sites for hydroxylation is 1. The number of aromatic nitrogens is 4. The van der Waals surface area contributed by atoms with Crippen LogP contribution in [0.25, 0.3) is 11.0 Å². The Kier molecular flexibility index (Phi) is 17.2. The molecule has 7 N–H and O–H groups in total. The molecule has 0 atom stereocenters. The van der Waals surface area contributed by atoms with Gasteiger partial charge in [0.05, 0.1) is 75.2 Å². The van der Waals surface area contributed by atoms with Crippen LogP contribution in [0.3, 0.4) is 0 Å². The smallest absolute Gasteiger partial charge is 0.263 e. The highest BCUT2D eigenvalue weighted by Gasteiger charge is 2.26. The molecular formula is C46H60N12O8. The van der Waals surface area contributed by atoms with Gasteiger partial charge in [0.15, 0.2) is 11.7 Å². The number of rotatable bonds is 21. The number of pyridine rings is 2. The lowest BCUT2D eigenvalue weighted by atomic mass is 10.0. The van der Waals surface area contributed by atoms with E-state index in [1.807, 2.05) is 12.1 Å². The van der Waals surface area contributed by atoms with E-state index in [0.29, 0.717) is 73.4 Å². The maximum Gasteiger partial charge on any atom is 0.263 e. The molecule has 4 aromatic rings. The van der Waals surface area contributed by atoms with Gasteiger partial charge in [0.25, 0.3) is 11.5 Å². The number of anilines is 4. The second-order valence-electron chi connectivity index (χ2n) is 16.1. The SMILES string of the molecule is CO/C(N)=C/C=C(\N)NC(=O)c1ccccc1NC(=O)CCOCCOCCN(C)C(=O)CN1CCN(c2ccc(Nc3ncc4c(C)c(C(C)=O)c(=O)n(C5CCCC5)c4n3)nc2)CC1. The molecule has 3 aromatic heterocycles. The van der Waals surface area contributed by atoms with Crippen molar-refractivity contribution in [3.63, 3.8) is 0 Å². The van der Waals surface area contributed by atoms with E-state index in [9.17, 15) is 24.0 Å². The number of nitrogens with two attached hydrogens (primary N) is 2. The molecular weight excluding hydrogens is 849 g/mol. The molecule has 66 heavy (non-hydrogen) atoms. The second-order valence-corrected chi connectivity index (χ2v) is 16.1. The molecule has 4 heterocycles. The van der Waals surface area contributed by atoms with Crippen molar-refractivity contribution in [2.24, 2.45) is 11.5 Å². The number of para-hydroxylation sites is 1. The average molecular weight is 909 g/mol. The fraction of sp³-hybridized carbons (Fsp3) is 0.435. The van der Waals surface area contributed by atoms with Crippen molar-refractivity contribution in [3.8, 4) is 0 Å². The van der Waals surface area contributed by atoms with Crippen LogP contribution >= 0.6 is 0 Å². The van der Waals surface area contributed by atoms with Crippen LogP contribution in [0, 0.1) is 6.92 Å². The Morgan fingerprint density at radius 1 is 0.924 bits per heavy atom. The first-order valence-electron chi connectivity index (χ1n) is 22.0. The van der Waals surface area contributed by atoms with E-state index in [4.69, 9.17) is 30.7 Å². The first-order chi connectivity index (χ1) is 31.8. The topological polar surface area (TPSA) is 254 Å². The van der Waals surface area contributed by atoms with Crippen LogP contribution in [0.15, 0.2) is 77.4 Å².